The fourth-order valence-electron chi connectivity index (χ4n) is 1.41. The number of benzene rings is 1. The van der Waals surface area contributed by atoms with E-state index in [0.29, 0.717) is 30.3 Å². The summed E-state index contributed by atoms with van der Waals surface area (Å²) in [5.41, 5.74) is 0. The average Bonchev–Trinajstić information content (AvgIpc) is 2.47. The Labute approximate surface area is 133 Å². The third-order valence-corrected chi connectivity index (χ3v) is 3.75. The van der Waals surface area contributed by atoms with Crippen molar-refractivity contribution in [2.75, 3.05) is 32.6 Å². The van der Waals surface area contributed by atoms with Crippen LogP contribution in [0.25, 0.3) is 0 Å². The van der Waals surface area contributed by atoms with Crippen LogP contribution in [-0.2, 0) is 14.3 Å². The number of amides is 2. The van der Waals surface area contributed by atoms with Gasteiger partial charge in [0.25, 0.3) is 0 Å². The van der Waals surface area contributed by atoms with E-state index in [1.807, 2.05) is 24.3 Å². The molecule has 0 aliphatic heterocycles. The molecule has 2 amide bonds. The minimum atomic E-state index is -0.217. The summed E-state index contributed by atoms with van der Waals surface area (Å²) in [5, 5.41) is 5.90. The number of methoxy groups -OCH3 is 1. The molecule has 1 aromatic rings. The van der Waals surface area contributed by atoms with Crippen molar-refractivity contribution >= 4 is 35.2 Å². The van der Waals surface area contributed by atoms with E-state index in [-0.39, 0.29) is 18.4 Å². The van der Waals surface area contributed by atoms with Gasteiger partial charge in [-0.15, -0.1) is 11.8 Å². The smallest absolute Gasteiger partial charge is 0.239 e. The number of rotatable bonds is 9. The van der Waals surface area contributed by atoms with Crippen molar-refractivity contribution < 1.29 is 14.3 Å². The van der Waals surface area contributed by atoms with Crippen molar-refractivity contribution in [2.24, 2.45) is 0 Å². The first-order valence-electron chi connectivity index (χ1n) is 6.52. The Morgan fingerprint density at radius 3 is 2.57 bits per heavy atom. The Hall–Kier alpha value is -1.24. The van der Waals surface area contributed by atoms with Gasteiger partial charge in [0.05, 0.1) is 13.2 Å². The lowest BCUT2D eigenvalue weighted by molar-refractivity contribution is -0.125. The van der Waals surface area contributed by atoms with Crippen molar-refractivity contribution in [1.29, 1.82) is 0 Å². The van der Waals surface area contributed by atoms with E-state index < -0.39 is 0 Å². The molecule has 1 aromatic carbocycles. The Bertz CT molecular complexity index is 454. The van der Waals surface area contributed by atoms with E-state index >= 15 is 0 Å². The molecule has 116 valence electrons. The molecule has 0 saturated carbocycles. The average molecular weight is 331 g/mol. The van der Waals surface area contributed by atoms with Crippen molar-refractivity contribution in [3.05, 3.63) is 29.3 Å². The maximum atomic E-state index is 11.6. The van der Waals surface area contributed by atoms with Gasteiger partial charge in [0, 0.05) is 35.7 Å². The number of carbonyl (C=O) groups is 2. The Morgan fingerprint density at radius 2 is 1.90 bits per heavy atom. The molecule has 0 bridgehead atoms. The Balaban J connectivity index is 2.11. The van der Waals surface area contributed by atoms with Gasteiger partial charge in [-0.05, 0) is 24.3 Å². The first kappa shape index (κ1) is 17.8. The van der Waals surface area contributed by atoms with Crippen molar-refractivity contribution in [3.63, 3.8) is 0 Å². The monoisotopic (exact) mass is 330 g/mol. The van der Waals surface area contributed by atoms with E-state index in [4.69, 9.17) is 16.3 Å². The molecular formula is C14H19ClN2O3S. The lowest BCUT2D eigenvalue weighted by Gasteiger charge is -2.06. The number of carbonyl (C=O) groups excluding carboxylic acids is 2. The van der Waals surface area contributed by atoms with Gasteiger partial charge in [0.2, 0.25) is 11.8 Å². The molecule has 0 heterocycles. The molecule has 0 unspecified atom stereocenters. The van der Waals surface area contributed by atoms with Gasteiger partial charge in [-0.1, -0.05) is 11.6 Å². The van der Waals surface area contributed by atoms with Crippen LogP contribution in [0.1, 0.15) is 6.42 Å². The van der Waals surface area contributed by atoms with E-state index in [2.05, 4.69) is 10.6 Å². The van der Waals surface area contributed by atoms with Crippen LogP contribution in [0.4, 0.5) is 0 Å². The zero-order valence-electron chi connectivity index (χ0n) is 11.9. The molecule has 5 nitrogen and oxygen atoms in total. The molecule has 0 atom stereocenters. The molecule has 0 fully saturated rings. The highest BCUT2D eigenvalue weighted by atomic mass is 35.5. The van der Waals surface area contributed by atoms with Gasteiger partial charge in [-0.25, -0.2) is 0 Å². The highest BCUT2D eigenvalue weighted by molar-refractivity contribution is 7.99. The van der Waals surface area contributed by atoms with E-state index in [1.54, 1.807) is 18.9 Å². The quantitative estimate of drug-likeness (QED) is 0.534. The van der Waals surface area contributed by atoms with Crippen LogP contribution in [0.5, 0.6) is 0 Å². The SMILES string of the molecule is COCCNC(=O)CNC(=O)CCSc1ccc(Cl)cc1. The first-order valence-corrected chi connectivity index (χ1v) is 7.89. The van der Waals surface area contributed by atoms with E-state index in [9.17, 15) is 9.59 Å². The first-order chi connectivity index (χ1) is 10.1. The maximum absolute atomic E-state index is 11.6. The standard InChI is InChI=1S/C14H19ClN2O3S/c1-20-8-7-16-14(19)10-17-13(18)6-9-21-12-4-2-11(15)3-5-12/h2-5H,6-10H2,1H3,(H,16,19)(H,17,18). The second-order valence-corrected chi connectivity index (χ2v) is 5.78. The Kier molecular flexibility index (Phi) is 8.89. The molecule has 7 heteroatoms. The Morgan fingerprint density at radius 1 is 1.19 bits per heavy atom. The number of hydrogen-bond donors (Lipinski definition) is 2. The summed E-state index contributed by atoms with van der Waals surface area (Å²) in [6, 6.07) is 7.45. The second-order valence-electron chi connectivity index (χ2n) is 4.17. The summed E-state index contributed by atoms with van der Waals surface area (Å²) in [7, 11) is 1.56. The van der Waals surface area contributed by atoms with Gasteiger partial charge in [-0.3, -0.25) is 9.59 Å². The number of thioether (sulfide) groups is 1. The normalized spacial score (nSPS) is 10.2. The van der Waals surface area contributed by atoms with Gasteiger partial charge >= 0.3 is 0 Å². The predicted molar refractivity (Wildman–Crippen MR) is 84.7 cm³/mol. The van der Waals surface area contributed by atoms with Crippen LogP contribution in [0.3, 0.4) is 0 Å². The number of ether oxygens (including phenoxy) is 1. The van der Waals surface area contributed by atoms with Gasteiger partial charge < -0.3 is 15.4 Å². The predicted octanol–water partition coefficient (Wildman–Crippen LogP) is 1.70. The van der Waals surface area contributed by atoms with Crippen LogP contribution in [0.15, 0.2) is 29.2 Å². The van der Waals surface area contributed by atoms with Gasteiger partial charge in [0.15, 0.2) is 0 Å². The summed E-state index contributed by atoms with van der Waals surface area (Å²) in [4.78, 5) is 24.0. The van der Waals surface area contributed by atoms with Crippen LogP contribution < -0.4 is 10.6 Å². The minimum absolute atomic E-state index is 0.00579. The molecular weight excluding hydrogens is 312 g/mol. The van der Waals surface area contributed by atoms with E-state index in [0.717, 1.165) is 4.90 Å². The molecule has 1 rings (SSSR count). The fourth-order valence-corrected chi connectivity index (χ4v) is 2.39. The van der Waals surface area contributed by atoms with Crippen LogP contribution in [-0.4, -0.2) is 44.4 Å². The molecule has 0 aliphatic carbocycles. The van der Waals surface area contributed by atoms with Crippen molar-refractivity contribution in [1.82, 2.24) is 10.6 Å². The van der Waals surface area contributed by atoms with E-state index in [1.165, 1.54) is 0 Å². The summed E-state index contributed by atoms with van der Waals surface area (Å²) < 4.78 is 4.81. The zero-order valence-corrected chi connectivity index (χ0v) is 13.4. The maximum Gasteiger partial charge on any atom is 0.239 e. The van der Waals surface area contributed by atoms with Gasteiger partial charge in [0.1, 0.15) is 0 Å². The third-order valence-electron chi connectivity index (χ3n) is 2.49. The second kappa shape index (κ2) is 10.5. The van der Waals surface area contributed by atoms with Crippen molar-refractivity contribution in [2.45, 2.75) is 11.3 Å². The number of nitrogens with one attached hydrogen (secondary N) is 2. The summed E-state index contributed by atoms with van der Waals surface area (Å²) in [6.07, 6.45) is 0.360. The van der Waals surface area contributed by atoms with Crippen LogP contribution >= 0.6 is 23.4 Å². The molecule has 21 heavy (non-hydrogen) atoms. The van der Waals surface area contributed by atoms with Crippen LogP contribution in [0, 0.1) is 0 Å². The van der Waals surface area contributed by atoms with Crippen LogP contribution in [0.2, 0.25) is 5.02 Å². The molecule has 0 aliphatic rings. The molecule has 2 N–H and O–H groups in total. The fraction of sp³-hybridized carbons (Fsp3) is 0.429. The van der Waals surface area contributed by atoms with Gasteiger partial charge in [-0.2, -0.15) is 0 Å². The zero-order chi connectivity index (χ0) is 15.5. The largest absolute Gasteiger partial charge is 0.383 e. The lowest BCUT2D eigenvalue weighted by atomic mass is 10.4. The number of hydrogen-bond acceptors (Lipinski definition) is 4. The topological polar surface area (TPSA) is 67.4 Å². The molecule has 0 aromatic heterocycles. The molecule has 0 radical (unpaired) electrons. The molecule has 0 spiro atoms. The highest BCUT2D eigenvalue weighted by Gasteiger charge is 2.05. The summed E-state index contributed by atoms with van der Waals surface area (Å²) >= 11 is 7.37. The molecule has 0 saturated heterocycles. The lowest BCUT2D eigenvalue weighted by Crippen LogP contribution is -2.38. The summed E-state index contributed by atoms with van der Waals surface area (Å²) in [6.45, 7) is 0.892. The third kappa shape index (κ3) is 8.60. The summed E-state index contributed by atoms with van der Waals surface area (Å²) in [5.74, 6) is 0.294. The number of halogens is 1. The minimum Gasteiger partial charge on any atom is -0.383 e. The highest BCUT2D eigenvalue weighted by Crippen LogP contribution is 2.20. The van der Waals surface area contributed by atoms with Crippen molar-refractivity contribution in [3.8, 4) is 0 Å².